The van der Waals surface area contributed by atoms with Crippen molar-refractivity contribution in [1.29, 1.82) is 0 Å². The number of hydrogen-bond donors (Lipinski definition) is 2. The van der Waals surface area contributed by atoms with Crippen molar-refractivity contribution >= 4 is 5.91 Å². The van der Waals surface area contributed by atoms with Crippen LogP contribution in [0.4, 0.5) is 0 Å². The third-order valence-corrected chi connectivity index (χ3v) is 3.76. The van der Waals surface area contributed by atoms with Crippen molar-refractivity contribution in [3.63, 3.8) is 0 Å². The lowest BCUT2D eigenvalue weighted by Crippen LogP contribution is -2.28. The Hall–Kier alpha value is -2.56. The number of hydrogen-bond acceptors (Lipinski definition) is 4. The van der Waals surface area contributed by atoms with Gasteiger partial charge in [-0.05, 0) is 24.0 Å². The highest BCUT2D eigenvalue weighted by atomic mass is 16.5. The molecule has 1 aliphatic carbocycles. The summed E-state index contributed by atoms with van der Waals surface area (Å²) in [5, 5.41) is 12.9. The van der Waals surface area contributed by atoms with E-state index in [2.05, 4.69) is 16.4 Å². The minimum atomic E-state index is -0.395. The monoisotopic (exact) mass is 284 g/mol. The molecule has 108 valence electrons. The molecule has 0 radical (unpaired) electrons. The first-order valence-corrected chi connectivity index (χ1v) is 6.81. The predicted octanol–water partition coefficient (Wildman–Crippen LogP) is 2.21. The van der Waals surface area contributed by atoms with E-state index in [4.69, 9.17) is 4.74 Å². The van der Waals surface area contributed by atoms with Gasteiger partial charge in [0.15, 0.2) is 17.2 Å². The number of benzene rings is 1. The highest BCUT2D eigenvalue weighted by Crippen LogP contribution is 2.32. The molecule has 1 unspecified atom stereocenters. The molecule has 2 N–H and O–H groups in total. The Bertz CT molecular complexity index is 685. The molecule has 1 amide bonds. The van der Waals surface area contributed by atoms with E-state index >= 15 is 0 Å². The molecule has 5 nitrogen and oxygen atoms in total. The highest BCUT2D eigenvalue weighted by molar-refractivity contribution is 5.95. The second-order valence-corrected chi connectivity index (χ2v) is 4.97. The van der Waals surface area contributed by atoms with Crippen molar-refractivity contribution in [3.05, 3.63) is 53.3 Å². The van der Waals surface area contributed by atoms with Crippen molar-refractivity contribution in [2.75, 3.05) is 7.11 Å². The van der Waals surface area contributed by atoms with Crippen LogP contribution in [0.15, 0.2) is 36.5 Å². The smallest absolute Gasteiger partial charge is 0.274 e. The van der Waals surface area contributed by atoms with Gasteiger partial charge in [0.05, 0.1) is 13.2 Å². The van der Waals surface area contributed by atoms with Gasteiger partial charge < -0.3 is 15.2 Å². The maximum atomic E-state index is 12.3. The normalized spacial score (nSPS) is 16.3. The van der Waals surface area contributed by atoms with Gasteiger partial charge in [0, 0.05) is 12.3 Å². The Morgan fingerprint density at radius 1 is 1.38 bits per heavy atom. The maximum absolute atomic E-state index is 12.3. The van der Waals surface area contributed by atoms with E-state index in [1.54, 1.807) is 0 Å². The van der Waals surface area contributed by atoms with E-state index in [1.807, 2.05) is 18.2 Å². The van der Waals surface area contributed by atoms with Crippen LogP contribution in [-0.2, 0) is 6.42 Å². The van der Waals surface area contributed by atoms with E-state index < -0.39 is 5.91 Å². The first-order chi connectivity index (χ1) is 10.2. The second-order valence-electron chi connectivity index (χ2n) is 4.97. The Labute approximate surface area is 122 Å². The topological polar surface area (TPSA) is 71.5 Å². The Kier molecular flexibility index (Phi) is 3.48. The Morgan fingerprint density at radius 2 is 2.19 bits per heavy atom. The number of carbonyl (C=O) groups excluding carboxylic acids is 1. The van der Waals surface area contributed by atoms with Gasteiger partial charge in [-0.2, -0.15) is 0 Å². The number of methoxy groups -OCH3 is 1. The van der Waals surface area contributed by atoms with Crippen LogP contribution in [0.2, 0.25) is 0 Å². The number of carbonyl (C=O) groups is 1. The van der Waals surface area contributed by atoms with Crippen LogP contribution in [0, 0.1) is 0 Å². The van der Waals surface area contributed by atoms with Gasteiger partial charge in [0.1, 0.15) is 0 Å². The number of fused-ring (bicyclic) bond motifs is 1. The SMILES string of the molecule is COc1ccnc(C(=O)NC2CCc3ccccc32)c1O. The molecule has 2 aromatic rings. The van der Waals surface area contributed by atoms with E-state index in [9.17, 15) is 9.90 Å². The zero-order valence-electron chi connectivity index (χ0n) is 11.7. The van der Waals surface area contributed by atoms with Crippen LogP contribution < -0.4 is 10.1 Å². The molecule has 0 aliphatic heterocycles. The molecule has 0 fully saturated rings. The van der Waals surface area contributed by atoms with Gasteiger partial charge in [0.25, 0.3) is 5.91 Å². The average molecular weight is 284 g/mol. The zero-order valence-corrected chi connectivity index (χ0v) is 11.7. The molecule has 0 bridgehead atoms. The summed E-state index contributed by atoms with van der Waals surface area (Å²) in [6.07, 6.45) is 3.24. The fourth-order valence-corrected chi connectivity index (χ4v) is 2.70. The van der Waals surface area contributed by atoms with E-state index in [0.29, 0.717) is 0 Å². The second kappa shape index (κ2) is 5.44. The third kappa shape index (κ3) is 2.42. The summed E-state index contributed by atoms with van der Waals surface area (Å²) < 4.78 is 4.99. The Morgan fingerprint density at radius 3 is 3.00 bits per heavy atom. The summed E-state index contributed by atoms with van der Waals surface area (Å²) in [5.74, 6) is -0.390. The largest absolute Gasteiger partial charge is 0.503 e. The number of aromatic nitrogens is 1. The van der Waals surface area contributed by atoms with Crippen molar-refractivity contribution in [1.82, 2.24) is 10.3 Å². The molecule has 1 heterocycles. The lowest BCUT2D eigenvalue weighted by Gasteiger charge is -2.14. The molecule has 1 aromatic carbocycles. The fraction of sp³-hybridized carbons (Fsp3) is 0.250. The predicted molar refractivity (Wildman–Crippen MR) is 77.4 cm³/mol. The number of nitrogens with one attached hydrogen (secondary N) is 1. The number of aromatic hydroxyl groups is 1. The van der Waals surface area contributed by atoms with Crippen molar-refractivity contribution in [2.24, 2.45) is 0 Å². The average Bonchev–Trinajstić information content (AvgIpc) is 2.91. The van der Waals surface area contributed by atoms with Gasteiger partial charge in [0.2, 0.25) is 0 Å². The van der Waals surface area contributed by atoms with Gasteiger partial charge >= 0.3 is 0 Å². The molecule has 21 heavy (non-hydrogen) atoms. The molecule has 1 atom stereocenters. The molecule has 3 rings (SSSR count). The van der Waals surface area contributed by atoms with Crippen molar-refractivity contribution in [2.45, 2.75) is 18.9 Å². The third-order valence-electron chi connectivity index (χ3n) is 3.76. The van der Waals surface area contributed by atoms with Gasteiger partial charge in [-0.1, -0.05) is 24.3 Å². The summed E-state index contributed by atoms with van der Waals surface area (Å²) >= 11 is 0. The first kappa shape index (κ1) is 13.4. The van der Waals surface area contributed by atoms with Crippen LogP contribution in [0.5, 0.6) is 11.5 Å². The number of nitrogens with zero attached hydrogens (tertiary/aromatic N) is 1. The number of pyridine rings is 1. The Balaban J connectivity index is 1.82. The lowest BCUT2D eigenvalue weighted by molar-refractivity contribution is 0.0928. The maximum Gasteiger partial charge on any atom is 0.274 e. The molecular weight excluding hydrogens is 268 g/mol. The molecular formula is C16H16N2O3. The summed E-state index contributed by atoms with van der Waals surface area (Å²) in [4.78, 5) is 16.3. The number of ether oxygens (including phenoxy) is 1. The van der Waals surface area contributed by atoms with Crippen LogP contribution in [0.25, 0.3) is 0 Å². The number of aryl methyl sites for hydroxylation is 1. The van der Waals surface area contributed by atoms with Crippen LogP contribution in [0.3, 0.4) is 0 Å². The molecule has 1 aliphatic rings. The van der Waals surface area contributed by atoms with E-state index in [-0.39, 0.29) is 23.2 Å². The minimum absolute atomic E-state index is 0.0151. The standard InChI is InChI=1S/C16H16N2O3/c1-21-13-8-9-17-14(15(13)19)16(20)18-12-7-6-10-4-2-3-5-11(10)12/h2-5,8-9,12,19H,6-7H2,1H3,(H,18,20). The lowest BCUT2D eigenvalue weighted by atomic mass is 10.1. The van der Waals surface area contributed by atoms with Crippen molar-refractivity contribution < 1.29 is 14.6 Å². The van der Waals surface area contributed by atoms with Crippen LogP contribution in [-0.4, -0.2) is 23.1 Å². The van der Waals surface area contributed by atoms with E-state index in [1.165, 1.54) is 24.9 Å². The van der Waals surface area contributed by atoms with Crippen LogP contribution in [0.1, 0.15) is 34.1 Å². The fourth-order valence-electron chi connectivity index (χ4n) is 2.70. The molecule has 1 aromatic heterocycles. The molecule has 0 saturated carbocycles. The highest BCUT2D eigenvalue weighted by Gasteiger charge is 2.25. The molecule has 5 heteroatoms. The zero-order chi connectivity index (χ0) is 14.8. The van der Waals surface area contributed by atoms with Gasteiger partial charge in [-0.15, -0.1) is 0 Å². The van der Waals surface area contributed by atoms with Gasteiger partial charge in [-0.3, -0.25) is 4.79 Å². The summed E-state index contributed by atoms with van der Waals surface area (Å²) in [6.45, 7) is 0. The number of rotatable bonds is 3. The quantitative estimate of drug-likeness (QED) is 0.906. The minimum Gasteiger partial charge on any atom is -0.503 e. The van der Waals surface area contributed by atoms with Crippen molar-refractivity contribution in [3.8, 4) is 11.5 Å². The summed E-state index contributed by atoms with van der Waals surface area (Å²) in [5.41, 5.74) is 2.37. The molecule has 0 spiro atoms. The van der Waals surface area contributed by atoms with E-state index in [0.717, 1.165) is 18.4 Å². The summed E-state index contributed by atoms with van der Waals surface area (Å²) in [6, 6.07) is 9.52. The first-order valence-electron chi connectivity index (χ1n) is 6.81. The number of amides is 1. The molecule has 0 saturated heterocycles. The summed E-state index contributed by atoms with van der Waals surface area (Å²) in [7, 11) is 1.43. The van der Waals surface area contributed by atoms with Gasteiger partial charge in [-0.25, -0.2) is 4.98 Å². The van der Waals surface area contributed by atoms with Crippen LogP contribution >= 0.6 is 0 Å².